The number of hydrogen-bond acceptors (Lipinski definition) is 4. The number of aromatic nitrogens is 2. The lowest BCUT2D eigenvalue weighted by molar-refractivity contribution is -0.121. The van der Waals surface area contributed by atoms with Crippen LogP contribution in [-0.4, -0.2) is 41.9 Å². The van der Waals surface area contributed by atoms with Gasteiger partial charge in [0.05, 0.1) is 6.20 Å². The van der Waals surface area contributed by atoms with Crippen molar-refractivity contribution in [1.82, 2.24) is 19.8 Å². The lowest BCUT2D eigenvalue weighted by Gasteiger charge is -2.32. The molecule has 1 aromatic heterocycles. The molecule has 1 amide bonds. The number of aryl methyl sites for hydroxylation is 1. The monoisotopic (exact) mass is 408 g/mol. The molecule has 0 radical (unpaired) electrons. The molecular formula is C19H25FN4O3S. The summed E-state index contributed by atoms with van der Waals surface area (Å²) in [5.74, 6) is -0.732. The van der Waals surface area contributed by atoms with E-state index in [1.807, 2.05) is 6.92 Å². The Hall–Kier alpha value is -2.26. The van der Waals surface area contributed by atoms with E-state index < -0.39 is 15.8 Å². The number of H-pyrrole nitrogens is 1. The van der Waals surface area contributed by atoms with Gasteiger partial charge in [0.2, 0.25) is 15.9 Å². The first-order valence-electron chi connectivity index (χ1n) is 9.38. The van der Waals surface area contributed by atoms with Crippen LogP contribution >= 0.6 is 0 Å². The molecule has 1 fully saturated rings. The van der Waals surface area contributed by atoms with Crippen molar-refractivity contribution in [3.63, 3.8) is 0 Å². The van der Waals surface area contributed by atoms with Crippen LogP contribution in [0.3, 0.4) is 0 Å². The maximum absolute atomic E-state index is 14.0. The number of aromatic amines is 1. The number of carbonyl (C=O) groups excluding carboxylic acids is 1. The van der Waals surface area contributed by atoms with Gasteiger partial charge < -0.3 is 5.32 Å². The standard InChI is InChI=1S/C19H25FN4O3S/c1-14-16(12-22-23-14)11-21-19(25)9-8-15-5-4-10-24(13-15)28(26,27)18-7-3-2-6-17(18)20/h2-3,6-7,12,15H,4-5,8-11,13H2,1H3,(H,21,25)(H,22,23). The van der Waals surface area contributed by atoms with Crippen molar-refractivity contribution in [1.29, 1.82) is 0 Å². The predicted octanol–water partition coefficient (Wildman–Crippen LogP) is 2.35. The lowest BCUT2D eigenvalue weighted by atomic mass is 9.94. The topological polar surface area (TPSA) is 95.2 Å². The summed E-state index contributed by atoms with van der Waals surface area (Å²) in [7, 11) is -3.86. The van der Waals surface area contributed by atoms with Crippen LogP contribution in [0.25, 0.3) is 0 Å². The maximum atomic E-state index is 14.0. The van der Waals surface area contributed by atoms with Crippen LogP contribution in [0.15, 0.2) is 35.4 Å². The van der Waals surface area contributed by atoms with E-state index in [2.05, 4.69) is 15.5 Å². The number of benzene rings is 1. The van der Waals surface area contributed by atoms with Gasteiger partial charge in [-0.15, -0.1) is 0 Å². The molecule has 1 saturated heterocycles. The molecule has 28 heavy (non-hydrogen) atoms. The molecule has 0 saturated carbocycles. The maximum Gasteiger partial charge on any atom is 0.245 e. The molecule has 1 atom stereocenters. The van der Waals surface area contributed by atoms with Gasteiger partial charge in [-0.1, -0.05) is 12.1 Å². The van der Waals surface area contributed by atoms with Crippen molar-refractivity contribution < 1.29 is 17.6 Å². The fourth-order valence-corrected chi connectivity index (χ4v) is 5.06. The van der Waals surface area contributed by atoms with E-state index in [0.29, 0.717) is 38.9 Å². The zero-order valence-corrected chi connectivity index (χ0v) is 16.6. The fraction of sp³-hybridized carbons (Fsp3) is 0.474. The first-order valence-corrected chi connectivity index (χ1v) is 10.8. The average Bonchev–Trinajstić information content (AvgIpc) is 3.10. The first-order chi connectivity index (χ1) is 13.4. The SMILES string of the molecule is Cc1[nH]ncc1CNC(=O)CCC1CCCN(S(=O)(=O)c2ccccc2F)C1. The molecule has 7 nitrogen and oxygen atoms in total. The molecule has 1 unspecified atom stereocenters. The second-order valence-electron chi connectivity index (χ2n) is 7.14. The molecule has 1 aliphatic heterocycles. The highest BCUT2D eigenvalue weighted by Crippen LogP contribution is 2.27. The van der Waals surface area contributed by atoms with Crippen LogP contribution in [0.2, 0.25) is 0 Å². The van der Waals surface area contributed by atoms with Gasteiger partial charge in [-0.2, -0.15) is 9.40 Å². The fourth-order valence-electron chi connectivity index (χ4n) is 3.45. The quantitative estimate of drug-likeness (QED) is 0.735. The number of carbonyl (C=O) groups is 1. The predicted molar refractivity (Wildman–Crippen MR) is 102 cm³/mol. The minimum absolute atomic E-state index is 0.0744. The smallest absolute Gasteiger partial charge is 0.245 e. The Morgan fingerprint density at radius 2 is 2.18 bits per heavy atom. The summed E-state index contributed by atoms with van der Waals surface area (Å²) in [5.41, 5.74) is 1.86. The lowest BCUT2D eigenvalue weighted by Crippen LogP contribution is -2.40. The normalized spacial score (nSPS) is 18.1. The zero-order chi connectivity index (χ0) is 20.1. The molecule has 2 N–H and O–H groups in total. The second kappa shape index (κ2) is 8.83. The van der Waals surface area contributed by atoms with Gasteiger partial charge in [-0.25, -0.2) is 12.8 Å². The number of rotatable bonds is 7. The summed E-state index contributed by atoms with van der Waals surface area (Å²) in [4.78, 5) is 11.8. The second-order valence-corrected chi connectivity index (χ2v) is 9.04. The van der Waals surface area contributed by atoms with Crippen LogP contribution < -0.4 is 5.32 Å². The van der Waals surface area contributed by atoms with Gasteiger partial charge in [-0.05, 0) is 44.2 Å². The number of nitrogens with zero attached hydrogens (tertiary/aromatic N) is 2. The van der Waals surface area contributed by atoms with E-state index in [1.54, 1.807) is 6.20 Å². The molecular weight excluding hydrogens is 383 g/mol. The van der Waals surface area contributed by atoms with Gasteiger partial charge in [0, 0.05) is 37.3 Å². The van der Waals surface area contributed by atoms with Crippen molar-refractivity contribution in [3.8, 4) is 0 Å². The molecule has 2 aromatic rings. The largest absolute Gasteiger partial charge is 0.352 e. The van der Waals surface area contributed by atoms with Crippen LogP contribution in [0.4, 0.5) is 4.39 Å². The highest BCUT2D eigenvalue weighted by molar-refractivity contribution is 7.89. The Morgan fingerprint density at radius 3 is 2.89 bits per heavy atom. The molecule has 1 aliphatic rings. The highest BCUT2D eigenvalue weighted by atomic mass is 32.2. The van der Waals surface area contributed by atoms with Gasteiger partial charge in [0.15, 0.2) is 0 Å². The van der Waals surface area contributed by atoms with Gasteiger partial charge in [-0.3, -0.25) is 9.89 Å². The Labute approximate surface area is 164 Å². The molecule has 0 aliphatic carbocycles. The van der Waals surface area contributed by atoms with Crippen LogP contribution in [0, 0.1) is 18.7 Å². The molecule has 0 spiro atoms. The minimum Gasteiger partial charge on any atom is -0.352 e. The Bertz CT molecular complexity index is 929. The number of nitrogens with one attached hydrogen (secondary N) is 2. The van der Waals surface area contributed by atoms with Crippen molar-refractivity contribution in [2.45, 2.75) is 44.0 Å². The van der Waals surface area contributed by atoms with Crippen molar-refractivity contribution >= 4 is 15.9 Å². The Balaban J connectivity index is 1.53. The van der Waals surface area contributed by atoms with Crippen LogP contribution in [-0.2, 0) is 21.4 Å². The van der Waals surface area contributed by atoms with Gasteiger partial charge in [0.1, 0.15) is 10.7 Å². The van der Waals surface area contributed by atoms with E-state index in [1.165, 1.54) is 22.5 Å². The van der Waals surface area contributed by atoms with Gasteiger partial charge in [0.25, 0.3) is 0 Å². The van der Waals surface area contributed by atoms with Crippen LogP contribution in [0.1, 0.15) is 36.9 Å². The molecule has 0 bridgehead atoms. The van der Waals surface area contributed by atoms with Gasteiger partial charge >= 0.3 is 0 Å². The number of sulfonamides is 1. The molecule has 1 aromatic carbocycles. The summed E-state index contributed by atoms with van der Waals surface area (Å²) in [6.45, 7) is 2.99. The number of amides is 1. The van der Waals surface area contributed by atoms with Crippen molar-refractivity contribution in [3.05, 3.63) is 47.5 Å². The summed E-state index contributed by atoms with van der Waals surface area (Å²) in [6, 6.07) is 5.43. The zero-order valence-electron chi connectivity index (χ0n) is 15.8. The Morgan fingerprint density at radius 1 is 1.39 bits per heavy atom. The molecule has 2 heterocycles. The third-order valence-corrected chi connectivity index (χ3v) is 7.02. The molecule has 152 valence electrons. The van der Waals surface area contributed by atoms with Crippen LogP contribution in [0.5, 0.6) is 0 Å². The van der Waals surface area contributed by atoms with Crippen molar-refractivity contribution in [2.75, 3.05) is 13.1 Å². The van der Waals surface area contributed by atoms with E-state index >= 15 is 0 Å². The van der Waals surface area contributed by atoms with Crippen molar-refractivity contribution in [2.24, 2.45) is 5.92 Å². The number of hydrogen-bond donors (Lipinski definition) is 2. The summed E-state index contributed by atoms with van der Waals surface area (Å²) >= 11 is 0. The van der Waals surface area contributed by atoms with E-state index in [-0.39, 0.29) is 16.7 Å². The van der Waals surface area contributed by atoms with E-state index in [0.717, 1.165) is 23.7 Å². The number of piperidine rings is 1. The third kappa shape index (κ3) is 4.77. The first kappa shape index (κ1) is 20.5. The van der Waals surface area contributed by atoms with E-state index in [9.17, 15) is 17.6 Å². The molecule has 3 rings (SSSR count). The number of halogens is 1. The summed E-state index contributed by atoms with van der Waals surface area (Å²) < 4.78 is 40.8. The highest BCUT2D eigenvalue weighted by Gasteiger charge is 2.32. The minimum atomic E-state index is -3.86. The molecule has 9 heteroatoms. The summed E-state index contributed by atoms with van der Waals surface area (Å²) in [6.07, 6.45) is 4.17. The summed E-state index contributed by atoms with van der Waals surface area (Å²) in [5, 5.41) is 9.60. The average molecular weight is 408 g/mol. The third-order valence-electron chi connectivity index (χ3n) is 5.13. The van der Waals surface area contributed by atoms with E-state index in [4.69, 9.17) is 0 Å². The Kier molecular flexibility index (Phi) is 6.46.